The summed E-state index contributed by atoms with van der Waals surface area (Å²) < 4.78 is 0. The van der Waals surface area contributed by atoms with Gasteiger partial charge in [0.2, 0.25) is 0 Å². The fraction of sp³-hybridized carbons (Fsp3) is 0. The van der Waals surface area contributed by atoms with Gasteiger partial charge in [-0.25, -0.2) is 0 Å². The van der Waals surface area contributed by atoms with E-state index in [1.54, 1.807) is 84.9 Å². The fourth-order valence-electron chi connectivity index (χ4n) is 3.10. The summed E-state index contributed by atoms with van der Waals surface area (Å²) in [5.74, 6) is 0.145. The number of hydrogen-bond acceptors (Lipinski definition) is 6. The van der Waals surface area contributed by atoms with Crippen molar-refractivity contribution in [2.45, 2.75) is 0 Å². The first-order valence-electron chi connectivity index (χ1n) is 9.82. The summed E-state index contributed by atoms with van der Waals surface area (Å²) in [6, 6.07) is 23.5. The highest BCUT2D eigenvalue weighted by Gasteiger charge is 2.07. The molecule has 32 heavy (non-hydrogen) atoms. The smallest absolute Gasteiger partial charge is 0.141 e. The minimum absolute atomic E-state index is 0.0321. The predicted octanol–water partition coefficient (Wildman–Crippen LogP) is 5.68. The van der Waals surface area contributed by atoms with Crippen LogP contribution in [0.2, 0.25) is 0 Å². The lowest BCUT2D eigenvalue weighted by Crippen LogP contribution is -1.83. The maximum Gasteiger partial charge on any atom is 0.141 e. The van der Waals surface area contributed by atoms with Gasteiger partial charge in [-0.2, -0.15) is 0 Å². The van der Waals surface area contributed by atoms with Gasteiger partial charge in [0.1, 0.15) is 34.4 Å². The molecule has 0 fully saturated rings. The molecule has 0 radical (unpaired) electrons. The van der Waals surface area contributed by atoms with Crippen LogP contribution in [-0.4, -0.2) is 32.9 Å². The zero-order valence-electron chi connectivity index (χ0n) is 16.9. The van der Waals surface area contributed by atoms with Gasteiger partial charge >= 0.3 is 0 Å². The van der Waals surface area contributed by atoms with Crippen LogP contribution < -0.4 is 0 Å². The molecule has 0 aromatic heterocycles. The minimum atomic E-state index is -0.0321. The maximum absolute atomic E-state index is 10.4. The number of nitrogens with zero attached hydrogens (tertiary/aromatic N) is 2. The highest BCUT2D eigenvalue weighted by atomic mass is 16.3. The third-order valence-electron chi connectivity index (χ3n) is 4.84. The van der Waals surface area contributed by atoms with Gasteiger partial charge in [-0.05, 0) is 59.7 Å². The van der Waals surface area contributed by atoms with E-state index in [9.17, 15) is 20.4 Å². The summed E-state index contributed by atoms with van der Waals surface area (Å²) in [5.41, 5.74) is 3.17. The molecule has 0 unspecified atom stereocenters. The van der Waals surface area contributed by atoms with Crippen LogP contribution in [0.3, 0.4) is 0 Å². The van der Waals surface area contributed by atoms with Crippen molar-refractivity contribution in [1.29, 1.82) is 0 Å². The predicted molar refractivity (Wildman–Crippen MR) is 126 cm³/mol. The van der Waals surface area contributed by atoms with E-state index in [-0.39, 0.29) is 23.0 Å². The summed E-state index contributed by atoms with van der Waals surface area (Å²) >= 11 is 0. The summed E-state index contributed by atoms with van der Waals surface area (Å²) in [5, 5.41) is 40.4. The first kappa shape index (κ1) is 20.7. The lowest BCUT2D eigenvalue weighted by Gasteiger charge is -2.07. The molecule has 0 spiro atoms. The quantitative estimate of drug-likeness (QED) is 0.309. The van der Waals surface area contributed by atoms with E-state index < -0.39 is 0 Å². The molecule has 6 nitrogen and oxygen atoms in total. The highest BCUT2D eigenvalue weighted by molar-refractivity contribution is 5.87. The van der Waals surface area contributed by atoms with E-state index in [0.717, 1.165) is 0 Å². The number of phenolic OH excluding ortho intramolecular Hbond substituents is 4. The van der Waals surface area contributed by atoms with Gasteiger partial charge in [0, 0.05) is 23.6 Å². The maximum atomic E-state index is 10.4. The zero-order valence-corrected chi connectivity index (χ0v) is 16.9. The second-order valence-corrected chi connectivity index (χ2v) is 7.04. The summed E-state index contributed by atoms with van der Waals surface area (Å²) in [7, 11) is 0. The Balaban J connectivity index is 1.55. The number of benzene rings is 4. The van der Waals surface area contributed by atoms with Crippen LogP contribution in [0, 0.1) is 0 Å². The van der Waals surface area contributed by atoms with Gasteiger partial charge in [-0.15, -0.1) is 0 Å². The molecular formula is C26H20N2O4. The van der Waals surface area contributed by atoms with Crippen molar-refractivity contribution in [3.63, 3.8) is 0 Å². The first-order valence-corrected chi connectivity index (χ1v) is 9.82. The Morgan fingerprint density at radius 2 is 0.875 bits per heavy atom. The van der Waals surface area contributed by atoms with E-state index in [4.69, 9.17) is 0 Å². The second kappa shape index (κ2) is 9.06. The molecule has 0 aliphatic heterocycles. The zero-order chi connectivity index (χ0) is 22.5. The van der Waals surface area contributed by atoms with E-state index in [0.29, 0.717) is 33.6 Å². The molecule has 0 atom stereocenters. The molecule has 4 aromatic rings. The van der Waals surface area contributed by atoms with Gasteiger partial charge < -0.3 is 20.4 Å². The molecule has 0 aliphatic carbocycles. The van der Waals surface area contributed by atoms with E-state index in [1.807, 2.05) is 0 Å². The third kappa shape index (κ3) is 4.60. The van der Waals surface area contributed by atoms with Gasteiger partial charge in [0.15, 0.2) is 0 Å². The third-order valence-corrected chi connectivity index (χ3v) is 4.84. The van der Waals surface area contributed by atoms with Crippen molar-refractivity contribution in [2.24, 2.45) is 9.98 Å². The van der Waals surface area contributed by atoms with Crippen molar-refractivity contribution in [3.05, 3.63) is 96.1 Å². The molecule has 0 saturated carbocycles. The molecule has 0 aliphatic rings. The highest BCUT2D eigenvalue weighted by Crippen LogP contribution is 2.36. The van der Waals surface area contributed by atoms with Crippen molar-refractivity contribution >= 4 is 23.8 Å². The topological polar surface area (TPSA) is 106 Å². The average molecular weight is 424 g/mol. The van der Waals surface area contributed by atoms with Crippen LogP contribution in [0.25, 0.3) is 11.1 Å². The van der Waals surface area contributed by atoms with Crippen molar-refractivity contribution in [1.82, 2.24) is 0 Å². The number of hydrogen-bond donors (Lipinski definition) is 4. The normalized spacial score (nSPS) is 11.4. The standard InChI is InChI=1S/C26H20N2O4/c29-23-7-3-1-5-19(23)15-27-21-11-9-17(13-25(21)31)18-10-12-22(26(32)14-18)28-16-20-6-2-4-8-24(20)30/h1-16,29-32H. The minimum Gasteiger partial charge on any atom is -0.507 e. The lowest BCUT2D eigenvalue weighted by atomic mass is 10.0. The van der Waals surface area contributed by atoms with Crippen LogP contribution in [0.4, 0.5) is 11.4 Å². The second-order valence-electron chi connectivity index (χ2n) is 7.04. The Morgan fingerprint density at radius 3 is 1.25 bits per heavy atom. The van der Waals surface area contributed by atoms with E-state index >= 15 is 0 Å². The van der Waals surface area contributed by atoms with Crippen molar-refractivity contribution in [3.8, 4) is 34.1 Å². The van der Waals surface area contributed by atoms with Gasteiger partial charge in [-0.1, -0.05) is 36.4 Å². The number of aliphatic imine (C=N–C) groups is 2. The van der Waals surface area contributed by atoms with Crippen LogP contribution in [0.1, 0.15) is 11.1 Å². The van der Waals surface area contributed by atoms with Crippen molar-refractivity contribution < 1.29 is 20.4 Å². The number of para-hydroxylation sites is 2. The lowest BCUT2D eigenvalue weighted by molar-refractivity contribution is 0.473. The Labute approximate surface area is 184 Å². The Morgan fingerprint density at radius 1 is 0.469 bits per heavy atom. The SMILES string of the molecule is Oc1ccccc1C=Nc1ccc(-c2ccc(N=Cc3ccccc3O)c(O)c2)cc1O. The molecule has 0 heterocycles. The Bertz CT molecular complexity index is 1230. The molecule has 158 valence electrons. The Kier molecular flexibility index (Phi) is 5.85. The van der Waals surface area contributed by atoms with Crippen LogP contribution in [0.5, 0.6) is 23.0 Å². The molecule has 4 aromatic carbocycles. The molecule has 0 bridgehead atoms. The summed E-state index contributed by atoms with van der Waals surface area (Å²) in [6.07, 6.45) is 2.96. The Hall–Kier alpha value is -4.58. The number of aromatic hydroxyl groups is 4. The molecule has 0 saturated heterocycles. The summed E-state index contributed by atoms with van der Waals surface area (Å²) in [6.45, 7) is 0. The van der Waals surface area contributed by atoms with Crippen molar-refractivity contribution in [2.75, 3.05) is 0 Å². The molecular weight excluding hydrogens is 404 g/mol. The first-order chi connectivity index (χ1) is 15.5. The number of rotatable bonds is 5. The van der Waals surface area contributed by atoms with Crippen LogP contribution in [0.15, 0.2) is 94.9 Å². The molecule has 4 N–H and O–H groups in total. The van der Waals surface area contributed by atoms with E-state index in [1.165, 1.54) is 12.4 Å². The van der Waals surface area contributed by atoms with Gasteiger partial charge in [0.05, 0.1) is 0 Å². The van der Waals surface area contributed by atoms with Gasteiger partial charge in [0.25, 0.3) is 0 Å². The number of phenols is 4. The molecule has 6 heteroatoms. The largest absolute Gasteiger partial charge is 0.507 e. The fourth-order valence-corrected chi connectivity index (χ4v) is 3.10. The average Bonchev–Trinajstić information content (AvgIpc) is 2.79. The van der Waals surface area contributed by atoms with Gasteiger partial charge in [-0.3, -0.25) is 9.98 Å². The summed E-state index contributed by atoms with van der Waals surface area (Å²) in [4.78, 5) is 8.48. The molecule has 0 amide bonds. The van der Waals surface area contributed by atoms with Crippen LogP contribution in [-0.2, 0) is 0 Å². The molecule has 4 rings (SSSR count). The van der Waals surface area contributed by atoms with E-state index in [2.05, 4.69) is 9.98 Å². The van der Waals surface area contributed by atoms with Crippen LogP contribution >= 0.6 is 0 Å². The monoisotopic (exact) mass is 424 g/mol.